The Morgan fingerprint density at radius 1 is 0.250 bits per heavy atom. The number of H-pyrrole nitrogens is 1. The monoisotopic (exact) mass is 1400 g/mol. The van der Waals surface area contributed by atoms with E-state index >= 15 is 0 Å². The van der Waals surface area contributed by atoms with Gasteiger partial charge in [-0.25, -0.2) is 0 Å². The summed E-state index contributed by atoms with van der Waals surface area (Å²) in [6.45, 7) is 35.1. The number of nitrogens with one attached hydrogen (secondary N) is 1. The van der Waals surface area contributed by atoms with Gasteiger partial charge in [0.05, 0.1) is 22.4 Å². The number of aromatic nitrogens is 1. The number of rotatable bonds is 10. The molecule has 0 amide bonds. The summed E-state index contributed by atoms with van der Waals surface area (Å²) in [6, 6.07) is 116. The fourth-order valence-corrected chi connectivity index (χ4v) is 16.8. The predicted molar refractivity (Wildman–Crippen MR) is 467 cm³/mol. The van der Waals surface area contributed by atoms with Crippen LogP contribution >= 0.6 is 0 Å². The number of para-hydroxylation sites is 1. The van der Waals surface area contributed by atoms with Gasteiger partial charge in [-0.1, -0.05) is 365 Å². The highest BCUT2D eigenvalue weighted by Crippen LogP contribution is 2.56. The Kier molecular flexibility index (Phi) is 16.9. The summed E-state index contributed by atoms with van der Waals surface area (Å²) in [5.41, 5.74) is 37.5. The lowest BCUT2D eigenvalue weighted by atomic mass is 9.33. The lowest BCUT2D eigenvalue weighted by Crippen LogP contribution is -2.61. The SMILES string of the molecule is CC(C)(C)c1cc(-c2ccc3c(c2)N(c2c(-c4ccccc4)cc(C(C)(C)C)cc2-c2ccccc2)c2cc4[nH]c5c(-c6ccccc6-c6ccccc6-c6ccccc6)cccc5c4c4c2B3c2ccc(-c3cc(C(C)(C)C)cc(C(C)(C)C)c3)cc2N4c2ccc(-c3ccccc3)cc2)cc(C(C)(C)C)c1. The van der Waals surface area contributed by atoms with Gasteiger partial charge in [-0.2, -0.15) is 0 Å². The summed E-state index contributed by atoms with van der Waals surface area (Å²) in [5, 5.41) is 2.34. The Morgan fingerprint density at radius 3 is 1.06 bits per heavy atom. The number of benzene rings is 14. The van der Waals surface area contributed by atoms with Crippen molar-refractivity contribution < 1.29 is 0 Å². The van der Waals surface area contributed by atoms with Crippen molar-refractivity contribution in [2.45, 2.75) is 131 Å². The highest BCUT2D eigenvalue weighted by Gasteiger charge is 2.46. The minimum atomic E-state index is -0.238. The number of aromatic amines is 1. The van der Waals surface area contributed by atoms with Gasteiger partial charge in [0.2, 0.25) is 0 Å². The second-order valence-electron chi connectivity index (χ2n) is 35.5. The van der Waals surface area contributed by atoms with Gasteiger partial charge in [-0.05, 0) is 186 Å². The van der Waals surface area contributed by atoms with E-state index in [2.05, 4.69) is 422 Å². The molecule has 0 fully saturated rings. The molecule has 0 radical (unpaired) electrons. The lowest BCUT2D eigenvalue weighted by molar-refractivity contribution is 0.568. The van der Waals surface area contributed by atoms with Gasteiger partial charge in [0, 0.05) is 50.2 Å². The van der Waals surface area contributed by atoms with E-state index in [1.807, 2.05) is 0 Å². The third kappa shape index (κ3) is 12.4. The molecule has 14 aromatic carbocycles. The molecule has 1 aromatic heterocycles. The highest BCUT2D eigenvalue weighted by molar-refractivity contribution is 7.00. The molecule has 0 unspecified atom stereocenters. The number of nitrogens with zero attached hydrogens (tertiary/aromatic N) is 2. The molecule has 108 heavy (non-hydrogen) atoms. The molecular weight excluding hydrogens is 1300 g/mol. The predicted octanol–water partition coefficient (Wildman–Crippen LogP) is 27.2. The van der Waals surface area contributed by atoms with Crippen LogP contribution in [0.1, 0.15) is 132 Å². The van der Waals surface area contributed by atoms with Crippen LogP contribution in [0.2, 0.25) is 0 Å². The molecule has 0 saturated heterocycles. The zero-order valence-corrected chi connectivity index (χ0v) is 65.3. The van der Waals surface area contributed by atoms with Gasteiger partial charge in [0.1, 0.15) is 0 Å². The molecule has 17 rings (SSSR count). The van der Waals surface area contributed by atoms with Gasteiger partial charge >= 0.3 is 0 Å². The van der Waals surface area contributed by atoms with Crippen molar-refractivity contribution in [3.8, 4) is 89.0 Å². The van der Waals surface area contributed by atoms with Crippen molar-refractivity contribution in [3.63, 3.8) is 0 Å². The molecular formula is C104H96BN3. The zero-order chi connectivity index (χ0) is 74.9. The molecule has 0 spiro atoms. The van der Waals surface area contributed by atoms with Crippen LogP contribution in [0.25, 0.3) is 111 Å². The Morgan fingerprint density at radius 2 is 0.611 bits per heavy atom. The molecule has 3 nitrogen and oxygen atoms in total. The molecule has 0 saturated carbocycles. The third-order valence-electron chi connectivity index (χ3n) is 22.9. The first-order valence-corrected chi connectivity index (χ1v) is 38.7. The van der Waals surface area contributed by atoms with Gasteiger partial charge < -0.3 is 14.8 Å². The van der Waals surface area contributed by atoms with E-state index < -0.39 is 0 Å². The van der Waals surface area contributed by atoms with E-state index in [0.29, 0.717) is 0 Å². The smallest absolute Gasteiger partial charge is 0.252 e. The maximum absolute atomic E-state index is 4.38. The normalized spacial score (nSPS) is 13.1. The summed E-state index contributed by atoms with van der Waals surface area (Å²) < 4.78 is 0. The summed E-state index contributed by atoms with van der Waals surface area (Å²) >= 11 is 0. The van der Waals surface area contributed by atoms with Crippen LogP contribution in [0.5, 0.6) is 0 Å². The zero-order valence-electron chi connectivity index (χ0n) is 65.3. The van der Waals surface area contributed by atoms with Crippen molar-refractivity contribution in [1.82, 2.24) is 4.98 Å². The topological polar surface area (TPSA) is 22.3 Å². The largest absolute Gasteiger partial charge is 0.354 e. The molecule has 530 valence electrons. The van der Waals surface area contributed by atoms with Crippen molar-refractivity contribution in [3.05, 3.63) is 331 Å². The van der Waals surface area contributed by atoms with Crippen LogP contribution in [0.3, 0.4) is 0 Å². The Hall–Kier alpha value is -11.5. The van der Waals surface area contributed by atoms with Crippen LogP contribution in [0, 0.1) is 0 Å². The van der Waals surface area contributed by atoms with E-state index in [9.17, 15) is 0 Å². The Balaban J connectivity index is 1.05. The van der Waals surface area contributed by atoms with Crippen molar-refractivity contribution >= 4 is 79.0 Å². The minimum Gasteiger partial charge on any atom is -0.354 e. The molecule has 1 N–H and O–H groups in total. The molecule has 0 aliphatic carbocycles. The molecule has 2 aliphatic heterocycles. The van der Waals surface area contributed by atoms with E-state index in [0.717, 1.165) is 72.8 Å². The molecule has 4 heteroatoms. The maximum atomic E-state index is 4.38. The first-order chi connectivity index (χ1) is 51.7. The van der Waals surface area contributed by atoms with E-state index in [-0.39, 0.29) is 33.8 Å². The van der Waals surface area contributed by atoms with Gasteiger partial charge in [-0.3, -0.25) is 0 Å². The minimum absolute atomic E-state index is 0.0928. The summed E-state index contributed by atoms with van der Waals surface area (Å²) in [4.78, 5) is 9.79. The van der Waals surface area contributed by atoms with E-state index in [1.54, 1.807) is 0 Å². The maximum Gasteiger partial charge on any atom is 0.252 e. The Bertz CT molecular complexity index is 5860. The first-order valence-electron chi connectivity index (χ1n) is 38.7. The average Bonchev–Trinajstić information content (AvgIpc) is 1.00. The molecule has 0 bridgehead atoms. The average molecular weight is 1400 g/mol. The first kappa shape index (κ1) is 69.6. The second-order valence-corrected chi connectivity index (χ2v) is 35.5. The van der Waals surface area contributed by atoms with E-state index in [1.165, 1.54) is 116 Å². The second kappa shape index (κ2) is 26.2. The summed E-state index contributed by atoms with van der Waals surface area (Å²) in [6.07, 6.45) is 0. The fourth-order valence-electron chi connectivity index (χ4n) is 16.8. The molecule has 3 heterocycles. The number of fused-ring (bicyclic) bond motifs is 8. The fraction of sp³-hybridized carbons (Fsp3) is 0.192. The molecule has 0 atom stereocenters. The number of hydrogen-bond donors (Lipinski definition) is 1. The Labute approximate surface area is 640 Å². The summed E-state index contributed by atoms with van der Waals surface area (Å²) in [5.74, 6) is 0. The molecule has 2 aliphatic rings. The van der Waals surface area contributed by atoms with Crippen LogP contribution in [-0.2, 0) is 27.1 Å². The van der Waals surface area contributed by atoms with Crippen molar-refractivity contribution in [2.24, 2.45) is 0 Å². The van der Waals surface area contributed by atoms with Crippen LogP contribution in [-0.4, -0.2) is 11.7 Å². The number of anilines is 6. The lowest BCUT2D eigenvalue weighted by Gasteiger charge is -2.45. The standard InChI is InChI=1S/C104H96BN3/c1-100(2,3)75-55-73(56-76(61-75)101(4,5)6)71-49-53-89-92(59-71)107(80-51-47-67(48-52-80)66-33-20-16-21-34-66)99-95-86-46-32-45-85(84-44-31-30-43-83(84)82-42-29-28-41-81(82)68-35-22-17-23-36-68)97(86)106-91(95)65-94-96(99)105(89)90-54-50-72(74-57-77(102(7,8)9)62-78(58-74)103(10,11)12)60-93(90)108(94)98-87(69-37-24-18-25-38-69)63-79(104(13,14)15)64-88(98)70-39-26-19-27-40-70/h16-65,106H,1-15H3. The van der Waals surface area contributed by atoms with Crippen LogP contribution in [0.4, 0.5) is 34.1 Å². The van der Waals surface area contributed by atoms with Crippen molar-refractivity contribution in [1.29, 1.82) is 0 Å². The highest BCUT2D eigenvalue weighted by atomic mass is 15.2. The van der Waals surface area contributed by atoms with Gasteiger partial charge in [0.25, 0.3) is 6.71 Å². The third-order valence-corrected chi connectivity index (χ3v) is 22.9. The van der Waals surface area contributed by atoms with Crippen molar-refractivity contribution in [2.75, 3.05) is 9.80 Å². The number of hydrogen-bond acceptors (Lipinski definition) is 2. The van der Waals surface area contributed by atoms with Crippen LogP contribution in [0.15, 0.2) is 303 Å². The summed E-state index contributed by atoms with van der Waals surface area (Å²) in [7, 11) is 0. The quantitative estimate of drug-likeness (QED) is 0.138. The van der Waals surface area contributed by atoms with Gasteiger partial charge in [0.15, 0.2) is 0 Å². The van der Waals surface area contributed by atoms with Crippen LogP contribution < -0.4 is 26.2 Å². The van der Waals surface area contributed by atoms with Gasteiger partial charge in [-0.15, -0.1) is 0 Å². The van der Waals surface area contributed by atoms with E-state index in [4.69, 9.17) is 0 Å². The molecule has 15 aromatic rings.